The number of hydrogen-bond donors (Lipinski definition) is 0. The van der Waals surface area contributed by atoms with Gasteiger partial charge in [0.15, 0.2) is 0 Å². The van der Waals surface area contributed by atoms with Gasteiger partial charge in [-0.25, -0.2) is 0 Å². The Bertz CT molecular complexity index is 131. The van der Waals surface area contributed by atoms with Crippen LogP contribution in [0.5, 0.6) is 0 Å². The van der Waals surface area contributed by atoms with Gasteiger partial charge >= 0.3 is 0 Å². The lowest BCUT2D eigenvalue weighted by Crippen LogP contribution is -2.35. The van der Waals surface area contributed by atoms with Gasteiger partial charge < -0.3 is 4.90 Å². The average molecular weight is 183 g/mol. The van der Waals surface area contributed by atoms with E-state index in [9.17, 15) is 0 Å². The van der Waals surface area contributed by atoms with Crippen LogP contribution in [-0.2, 0) is 0 Å². The summed E-state index contributed by atoms with van der Waals surface area (Å²) in [6, 6.07) is 0. The smallest absolute Gasteiger partial charge is 0.000965 e. The van der Waals surface area contributed by atoms with E-state index in [1.807, 2.05) is 0 Å². The first-order valence-electron chi connectivity index (χ1n) is 5.98. The first-order chi connectivity index (χ1) is 6.26. The van der Waals surface area contributed by atoms with Gasteiger partial charge in [-0.05, 0) is 44.2 Å². The summed E-state index contributed by atoms with van der Waals surface area (Å²) < 4.78 is 0. The van der Waals surface area contributed by atoms with Crippen LogP contribution >= 0.6 is 0 Å². The van der Waals surface area contributed by atoms with Gasteiger partial charge in [0.2, 0.25) is 0 Å². The molecule has 0 aliphatic carbocycles. The van der Waals surface area contributed by atoms with Crippen LogP contribution in [0.3, 0.4) is 0 Å². The first kappa shape index (κ1) is 11.0. The van der Waals surface area contributed by atoms with Crippen molar-refractivity contribution in [3.8, 4) is 0 Å². The number of nitrogens with zero attached hydrogens (tertiary/aromatic N) is 1. The average Bonchev–Trinajstić information content (AvgIpc) is 2.18. The van der Waals surface area contributed by atoms with Crippen LogP contribution in [0.25, 0.3) is 0 Å². The molecular formula is C12H25N. The van der Waals surface area contributed by atoms with Crippen LogP contribution in [0.2, 0.25) is 0 Å². The monoisotopic (exact) mass is 183 g/mol. The van der Waals surface area contributed by atoms with Crippen LogP contribution in [0.4, 0.5) is 0 Å². The van der Waals surface area contributed by atoms with Crippen LogP contribution in [-0.4, -0.2) is 24.5 Å². The second-order valence-corrected chi connectivity index (χ2v) is 4.65. The minimum atomic E-state index is 0.932. The minimum absolute atomic E-state index is 0.932. The zero-order valence-corrected chi connectivity index (χ0v) is 9.55. The zero-order chi connectivity index (χ0) is 9.68. The third-order valence-electron chi connectivity index (χ3n) is 3.48. The summed E-state index contributed by atoms with van der Waals surface area (Å²) in [5.74, 6) is 1.92. The second kappa shape index (κ2) is 5.64. The Labute approximate surface area is 83.5 Å². The quantitative estimate of drug-likeness (QED) is 0.647. The highest BCUT2D eigenvalue weighted by Crippen LogP contribution is 2.24. The largest absolute Gasteiger partial charge is 0.303 e. The van der Waals surface area contributed by atoms with Crippen LogP contribution in [0, 0.1) is 11.8 Å². The molecule has 0 spiro atoms. The fourth-order valence-corrected chi connectivity index (χ4v) is 2.37. The summed E-state index contributed by atoms with van der Waals surface area (Å²) in [5.41, 5.74) is 0. The molecule has 78 valence electrons. The molecule has 1 rings (SSSR count). The predicted molar refractivity (Wildman–Crippen MR) is 58.9 cm³/mol. The van der Waals surface area contributed by atoms with E-state index in [1.165, 1.54) is 45.3 Å². The Kier molecular flexibility index (Phi) is 4.79. The van der Waals surface area contributed by atoms with Crippen LogP contribution in [0.1, 0.15) is 46.5 Å². The molecule has 0 bridgehead atoms. The lowest BCUT2D eigenvalue weighted by atomic mass is 9.88. The maximum Gasteiger partial charge on any atom is 0.000965 e. The maximum atomic E-state index is 2.61. The van der Waals surface area contributed by atoms with Crippen LogP contribution < -0.4 is 0 Å². The Morgan fingerprint density at radius 1 is 1.38 bits per heavy atom. The third-order valence-corrected chi connectivity index (χ3v) is 3.48. The normalized spacial score (nSPS) is 27.5. The SMILES string of the molecule is CC[C@@H](C)C[C@H]1CCCN(CC)C1. The maximum absolute atomic E-state index is 2.61. The Morgan fingerprint density at radius 2 is 2.15 bits per heavy atom. The Hall–Kier alpha value is -0.0400. The molecule has 0 aromatic carbocycles. The summed E-state index contributed by atoms with van der Waals surface area (Å²) in [6.45, 7) is 10.9. The van der Waals surface area contributed by atoms with Crippen molar-refractivity contribution < 1.29 is 0 Å². The van der Waals surface area contributed by atoms with Crippen molar-refractivity contribution in [2.24, 2.45) is 11.8 Å². The highest BCUT2D eigenvalue weighted by molar-refractivity contribution is 4.73. The first-order valence-corrected chi connectivity index (χ1v) is 5.98. The molecule has 0 amide bonds. The molecule has 0 saturated carbocycles. The van der Waals surface area contributed by atoms with Crippen molar-refractivity contribution in [1.29, 1.82) is 0 Å². The number of hydrogen-bond acceptors (Lipinski definition) is 1. The molecule has 0 aromatic heterocycles. The van der Waals surface area contributed by atoms with Crippen molar-refractivity contribution >= 4 is 0 Å². The van der Waals surface area contributed by atoms with E-state index in [0.717, 1.165) is 11.8 Å². The molecule has 2 atom stereocenters. The van der Waals surface area contributed by atoms with Gasteiger partial charge in [-0.2, -0.15) is 0 Å². The van der Waals surface area contributed by atoms with Crippen molar-refractivity contribution in [1.82, 2.24) is 4.90 Å². The highest BCUT2D eigenvalue weighted by atomic mass is 15.1. The van der Waals surface area contributed by atoms with Gasteiger partial charge in [0.1, 0.15) is 0 Å². The van der Waals surface area contributed by atoms with Crippen molar-refractivity contribution in [2.75, 3.05) is 19.6 Å². The molecule has 0 radical (unpaired) electrons. The van der Waals surface area contributed by atoms with Crippen molar-refractivity contribution in [3.05, 3.63) is 0 Å². The van der Waals surface area contributed by atoms with Gasteiger partial charge in [-0.15, -0.1) is 0 Å². The molecule has 1 aliphatic rings. The fraction of sp³-hybridized carbons (Fsp3) is 1.00. The summed E-state index contributed by atoms with van der Waals surface area (Å²) in [4.78, 5) is 2.61. The second-order valence-electron chi connectivity index (χ2n) is 4.65. The summed E-state index contributed by atoms with van der Waals surface area (Å²) in [7, 11) is 0. The van der Waals surface area contributed by atoms with Crippen molar-refractivity contribution in [2.45, 2.75) is 46.5 Å². The molecule has 1 aliphatic heterocycles. The topological polar surface area (TPSA) is 3.24 Å². The lowest BCUT2D eigenvalue weighted by molar-refractivity contribution is 0.163. The minimum Gasteiger partial charge on any atom is -0.303 e. The Balaban J connectivity index is 2.25. The molecule has 1 heterocycles. The molecule has 13 heavy (non-hydrogen) atoms. The van der Waals surface area contributed by atoms with Gasteiger partial charge in [-0.1, -0.05) is 27.2 Å². The molecular weight excluding hydrogens is 158 g/mol. The highest BCUT2D eigenvalue weighted by Gasteiger charge is 2.19. The number of rotatable bonds is 4. The van der Waals surface area contributed by atoms with E-state index in [-0.39, 0.29) is 0 Å². The molecule has 1 heteroatoms. The van der Waals surface area contributed by atoms with E-state index in [1.54, 1.807) is 0 Å². The van der Waals surface area contributed by atoms with Gasteiger partial charge in [-0.3, -0.25) is 0 Å². The molecule has 1 nitrogen and oxygen atoms in total. The molecule has 0 aromatic rings. The molecule has 1 fully saturated rings. The van der Waals surface area contributed by atoms with E-state index in [4.69, 9.17) is 0 Å². The summed E-state index contributed by atoms with van der Waals surface area (Å²) in [6.07, 6.45) is 5.70. The van der Waals surface area contributed by atoms with Gasteiger partial charge in [0.25, 0.3) is 0 Å². The van der Waals surface area contributed by atoms with Gasteiger partial charge in [0.05, 0.1) is 0 Å². The lowest BCUT2D eigenvalue weighted by Gasteiger charge is -2.33. The fourth-order valence-electron chi connectivity index (χ4n) is 2.37. The third kappa shape index (κ3) is 3.68. The van der Waals surface area contributed by atoms with E-state index >= 15 is 0 Å². The zero-order valence-electron chi connectivity index (χ0n) is 9.55. The van der Waals surface area contributed by atoms with Crippen molar-refractivity contribution in [3.63, 3.8) is 0 Å². The van der Waals surface area contributed by atoms with E-state index in [2.05, 4.69) is 25.7 Å². The molecule has 0 N–H and O–H groups in total. The van der Waals surface area contributed by atoms with E-state index < -0.39 is 0 Å². The standard InChI is InChI=1S/C12H25N/c1-4-11(3)9-12-7-6-8-13(5-2)10-12/h11-12H,4-10H2,1-3H3/t11-,12-/m1/s1. The van der Waals surface area contributed by atoms with Crippen LogP contribution in [0.15, 0.2) is 0 Å². The van der Waals surface area contributed by atoms with E-state index in [0.29, 0.717) is 0 Å². The number of likely N-dealkylation sites (tertiary alicyclic amines) is 1. The predicted octanol–water partition coefficient (Wildman–Crippen LogP) is 3.15. The summed E-state index contributed by atoms with van der Waals surface area (Å²) >= 11 is 0. The summed E-state index contributed by atoms with van der Waals surface area (Å²) in [5, 5.41) is 0. The number of piperidine rings is 1. The molecule has 1 saturated heterocycles. The Morgan fingerprint density at radius 3 is 2.77 bits per heavy atom. The molecule has 0 unspecified atom stereocenters. The van der Waals surface area contributed by atoms with Gasteiger partial charge in [0, 0.05) is 6.54 Å².